The van der Waals surface area contributed by atoms with Crippen molar-refractivity contribution in [3.8, 4) is 10.7 Å². The number of nitrogens with zero attached hydrogens (tertiary/aromatic N) is 1. The van der Waals surface area contributed by atoms with Gasteiger partial charge < -0.3 is 10.1 Å². The number of H-pyrrole nitrogens is 1. The van der Waals surface area contributed by atoms with Gasteiger partial charge in [0.25, 0.3) is 0 Å². The molecule has 2 rings (SSSR count). The number of carboxylic acids is 1. The quantitative estimate of drug-likeness (QED) is 0.912. The zero-order valence-corrected chi connectivity index (χ0v) is 10.6. The molecule has 4 nitrogen and oxygen atoms in total. The van der Waals surface area contributed by atoms with E-state index in [9.17, 15) is 4.79 Å². The third kappa shape index (κ3) is 2.51. The summed E-state index contributed by atoms with van der Waals surface area (Å²) in [6, 6.07) is 3.92. The van der Waals surface area contributed by atoms with Crippen LogP contribution < -0.4 is 0 Å². The number of thiophene rings is 1. The number of aromatic nitrogens is 2. The molecule has 0 unspecified atom stereocenters. The Morgan fingerprint density at radius 2 is 2.44 bits per heavy atom. The second kappa shape index (κ2) is 4.80. The monoisotopic (exact) mass is 300 g/mol. The normalized spacial score (nSPS) is 10.6. The average Bonchev–Trinajstić information content (AvgIpc) is 2.83. The van der Waals surface area contributed by atoms with Crippen molar-refractivity contribution in [1.82, 2.24) is 9.97 Å². The van der Waals surface area contributed by atoms with Crippen LogP contribution in [0.4, 0.5) is 0 Å². The maximum absolute atomic E-state index is 10.5. The van der Waals surface area contributed by atoms with Gasteiger partial charge in [-0.1, -0.05) is 6.07 Å². The maximum atomic E-state index is 10.5. The molecule has 0 radical (unpaired) electrons. The topological polar surface area (TPSA) is 66.0 Å². The van der Waals surface area contributed by atoms with Crippen LogP contribution >= 0.6 is 27.3 Å². The lowest BCUT2D eigenvalue weighted by molar-refractivity contribution is -0.136. The van der Waals surface area contributed by atoms with E-state index in [1.54, 1.807) is 11.3 Å². The Labute approximate surface area is 104 Å². The molecule has 2 aromatic rings. The molecule has 0 aliphatic rings. The number of rotatable bonds is 4. The molecule has 16 heavy (non-hydrogen) atoms. The van der Waals surface area contributed by atoms with Gasteiger partial charge in [0.2, 0.25) is 0 Å². The van der Waals surface area contributed by atoms with E-state index in [4.69, 9.17) is 5.11 Å². The summed E-state index contributed by atoms with van der Waals surface area (Å²) in [5.41, 5.74) is 0.825. The third-order valence-corrected chi connectivity index (χ3v) is 3.60. The van der Waals surface area contributed by atoms with Crippen LogP contribution in [0.5, 0.6) is 0 Å². The van der Waals surface area contributed by atoms with Crippen LogP contribution in [0.3, 0.4) is 0 Å². The molecule has 0 spiro atoms. The van der Waals surface area contributed by atoms with Crippen LogP contribution in [0.1, 0.15) is 12.1 Å². The molecule has 2 aromatic heterocycles. The minimum Gasteiger partial charge on any atom is -0.481 e. The predicted molar refractivity (Wildman–Crippen MR) is 65.6 cm³/mol. The molecule has 2 N–H and O–H groups in total. The first kappa shape index (κ1) is 11.3. The van der Waals surface area contributed by atoms with Crippen LogP contribution in [0.15, 0.2) is 22.1 Å². The molecule has 2 heterocycles. The number of aliphatic carboxylic acids is 1. The van der Waals surface area contributed by atoms with Crippen molar-refractivity contribution in [3.05, 3.63) is 27.8 Å². The molecule has 0 bridgehead atoms. The number of hydrogen-bond donors (Lipinski definition) is 2. The molecule has 0 aliphatic carbocycles. The van der Waals surface area contributed by atoms with Crippen molar-refractivity contribution in [2.75, 3.05) is 0 Å². The Bertz CT molecular complexity index is 493. The lowest BCUT2D eigenvalue weighted by atomic mass is 10.2. The molecule has 0 fully saturated rings. The highest BCUT2D eigenvalue weighted by molar-refractivity contribution is 9.10. The summed E-state index contributed by atoms with van der Waals surface area (Å²) in [4.78, 5) is 19.0. The second-order valence-corrected chi connectivity index (χ2v) is 4.92. The predicted octanol–water partition coefficient (Wildman–Crippen LogP) is 2.92. The van der Waals surface area contributed by atoms with E-state index in [0.717, 1.165) is 16.4 Å². The number of aryl methyl sites for hydroxylation is 1. The van der Waals surface area contributed by atoms with Gasteiger partial charge in [-0.2, -0.15) is 0 Å². The SMILES string of the molecule is O=C(O)CCc1[nH]c(-c2cccs2)nc1Br. The molecule has 0 saturated heterocycles. The molecule has 0 amide bonds. The molecule has 84 valence electrons. The van der Waals surface area contributed by atoms with Crippen molar-refractivity contribution < 1.29 is 9.90 Å². The Balaban J connectivity index is 2.19. The van der Waals surface area contributed by atoms with Gasteiger partial charge in [0.05, 0.1) is 17.0 Å². The van der Waals surface area contributed by atoms with Crippen molar-refractivity contribution >= 4 is 33.2 Å². The van der Waals surface area contributed by atoms with Crippen molar-refractivity contribution in [2.24, 2.45) is 0 Å². The Kier molecular flexibility index (Phi) is 3.40. The minimum atomic E-state index is -0.806. The largest absolute Gasteiger partial charge is 0.481 e. The Morgan fingerprint density at radius 3 is 3.06 bits per heavy atom. The molecular weight excluding hydrogens is 292 g/mol. The summed E-state index contributed by atoms with van der Waals surface area (Å²) in [5.74, 6) is -0.0264. The number of nitrogens with one attached hydrogen (secondary N) is 1. The first-order valence-corrected chi connectivity index (χ1v) is 6.34. The molecule has 0 aromatic carbocycles. The molecule has 0 aliphatic heterocycles. The molecular formula is C10H9BrN2O2S. The van der Waals surface area contributed by atoms with Gasteiger partial charge in [0.1, 0.15) is 10.4 Å². The first-order valence-electron chi connectivity index (χ1n) is 4.67. The van der Waals surface area contributed by atoms with Gasteiger partial charge in [-0.3, -0.25) is 4.79 Å². The number of carbonyl (C=O) groups is 1. The highest BCUT2D eigenvalue weighted by atomic mass is 79.9. The smallest absolute Gasteiger partial charge is 0.303 e. The highest BCUT2D eigenvalue weighted by Crippen LogP contribution is 2.25. The van der Waals surface area contributed by atoms with Crippen LogP contribution in [0.2, 0.25) is 0 Å². The third-order valence-electron chi connectivity index (χ3n) is 2.07. The fraction of sp³-hybridized carbons (Fsp3) is 0.200. The van der Waals surface area contributed by atoms with Crippen molar-refractivity contribution in [2.45, 2.75) is 12.8 Å². The van der Waals surface area contributed by atoms with Gasteiger partial charge in [-0.15, -0.1) is 11.3 Å². The van der Waals surface area contributed by atoms with E-state index in [1.165, 1.54) is 0 Å². The van der Waals surface area contributed by atoms with Gasteiger partial charge >= 0.3 is 5.97 Å². The maximum Gasteiger partial charge on any atom is 0.303 e. The fourth-order valence-corrected chi connectivity index (χ4v) is 2.46. The van der Waals surface area contributed by atoms with E-state index in [0.29, 0.717) is 11.0 Å². The molecule has 0 saturated carbocycles. The van der Waals surface area contributed by atoms with E-state index in [-0.39, 0.29) is 6.42 Å². The second-order valence-electron chi connectivity index (χ2n) is 3.23. The van der Waals surface area contributed by atoms with Crippen molar-refractivity contribution in [3.63, 3.8) is 0 Å². The van der Waals surface area contributed by atoms with Gasteiger partial charge in [0, 0.05) is 6.42 Å². The van der Waals surface area contributed by atoms with Gasteiger partial charge in [0.15, 0.2) is 0 Å². The molecule has 6 heteroatoms. The highest BCUT2D eigenvalue weighted by Gasteiger charge is 2.11. The van der Waals surface area contributed by atoms with Crippen LogP contribution in [0, 0.1) is 0 Å². The van der Waals surface area contributed by atoms with E-state index in [2.05, 4.69) is 25.9 Å². The van der Waals surface area contributed by atoms with E-state index in [1.807, 2.05) is 17.5 Å². The summed E-state index contributed by atoms with van der Waals surface area (Å²) >= 11 is 4.91. The Morgan fingerprint density at radius 1 is 1.62 bits per heavy atom. The van der Waals surface area contributed by atoms with Crippen LogP contribution in [-0.4, -0.2) is 21.0 Å². The standard InChI is InChI=1S/C10H9BrN2O2S/c11-9-6(3-4-8(14)15)12-10(13-9)7-2-1-5-16-7/h1-2,5H,3-4H2,(H,12,13)(H,14,15). The number of halogens is 1. The van der Waals surface area contributed by atoms with Gasteiger partial charge in [-0.25, -0.2) is 4.98 Å². The lowest BCUT2D eigenvalue weighted by Gasteiger charge is -1.93. The van der Waals surface area contributed by atoms with Gasteiger partial charge in [-0.05, 0) is 27.4 Å². The van der Waals surface area contributed by atoms with E-state index < -0.39 is 5.97 Å². The zero-order valence-electron chi connectivity index (χ0n) is 8.24. The number of hydrogen-bond acceptors (Lipinski definition) is 3. The van der Waals surface area contributed by atoms with Crippen LogP contribution in [-0.2, 0) is 11.2 Å². The first-order chi connectivity index (χ1) is 7.66. The van der Waals surface area contributed by atoms with Crippen molar-refractivity contribution in [1.29, 1.82) is 0 Å². The molecule has 0 atom stereocenters. The number of aromatic amines is 1. The fourth-order valence-electron chi connectivity index (χ4n) is 1.32. The zero-order chi connectivity index (χ0) is 11.5. The lowest BCUT2D eigenvalue weighted by Crippen LogP contribution is -1.98. The summed E-state index contributed by atoms with van der Waals surface area (Å²) < 4.78 is 0.692. The number of imidazole rings is 1. The summed E-state index contributed by atoms with van der Waals surface area (Å²) in [6.07, 6.45) is 0.555. The summed E-state index contributed by atoms with van der Waals surface area (Å²) in [7, 11) is 0. The minimum absolute atomic E-state index is 0.102. The summed E-state index contributed by atoms with van der Waals surface area (Å²) in [6.45, 7) is 0. The summed E-state index contributed by atoms with van der Waals surface area (Å²) in [5, 5.41) is 10.6. The van der Waals surface area contributed by atoms with Crippen LogP contribution in [0.25, 0.3) is 10.7 Å². The Hall–Kier alpha value is -1.14. The van der Waals surface area contributed by atoms with E-state index >= 15 is 0 Å². The average molecular weight is 301 g/mol. The number of carboxylic acid groups (broad SMARTS) is 1.